The number of hydrogen-bond donors (Lipinski definition) is 1. The van der Waals surface area contributed by atoms with Crippen LogP contribution in [-0.4, -0.2) is 34.7 Å². The molecule has 3 heteroatoms. The smallest absolute Gasteiger partial charge is 0.123 e. The van der Waals surface area contributed by atoms with Crippen LogP contribution < -0.4 is 0 Å². The number of halogens is 1. The van der Waals surface area contributed by atoms with E-state index in [-0.39, 0.29) is 11.4 Å². The standard InChI is InChI=1S/C17H26FNO/c1-17(2,19-10-5-3-4-6-11-19)16(20)13-14-8-7-9-15(18)12-14/h7-9,12,16,20H,3-6,10-11,13H2,1-2H3. The van der Waals surface area contributed by atoms with Crippen molar-refractivity contribution in [2.24, 2.45) is 0 Å². The number of aliphatic hydroxyl groups is 1. The predicted octanol–water partition coefficient (Wildman–Crippen LogP) is 3.38. The molecule has 1 saturated heterocycles. The highest BCUT2D eigenvalue weighted by atomic mass is 19.1. The Hall–Kier alpha value is -0.930. The van der Waals surface area contributed by atoms with Gasteiger partial charge in [0.15, 0.2) is 0 Å². The Morgan fingerprint density at radius 2 is 1.85 bits per heavy atom. The van der Waals surface area contributed by atoms with Crippen LogP contribution in [0, 0.1) is 5.82 Å². The lowest BCUT2D eigenvalue weighted by Crippen LogP contribution is -2.53. The van der Waals surface area contributed by atoms with E-state index in [0.717, 1.165) is 18.7 Å². The van der Waals surface area contributed by atoms with Crippen molar-refractivity contribution < 1.29 is 9.50 Å². The van der Waals surface area contributed by atoms with Crippen molar-refractivity contribution in [2.45, 2.75) is 57.6 Å². The number of hydrogen-bond acceptors (Lipinski definition) is 2. The first-order valence-corrected chi connectivity index (χ1v) is 7.68. The molecule has 2 rings (SSSR count). The highest BCUT2D eigenvalue weighted by molar-refractivity contribution is 5.18. The molecule has 1 atom stereocenters. The Bertz CT molecular complexity index is 425. The lowest BCUT2D eigenvalue weighted by molar-refractivity contribution is -0.00788. The molecule has 0 aromatic heterocycles. The van der Waals surface area contributed by atoms with Crippen LogP contribution in [0.5, 0.6) is 0 Å². The first-order valence-electron chi connectivity index (χ1n) is 7.68. The predicted molar refractivity (Wildman–Crippen MR) is 80.2 cm³/mol. The lowest BCUT2D eigenvalue weighted by Gasteiger charge is -2.41. The third-order valence-electron chi connectivity index (χ3n) is 4.55. The second-order valence-corrected chi connectivity index (χ2v) is 6.40. The van der Waals surface area contributed by atoms with Gasteiger partial charge in [0, 0.05) is 12.0 Å². The summed E-state index contributed by atoms with van der Waals surface area (Å²) in [7, 11) is 0. The van der Waals surface area contributed by atoms with Crippen molar-refractivity contribution >= 4 is 0 Å². The van der Waals surface area contributed by atoms with Crippen LogP contribution >= 0.6 is 0 Å². The van der Waals surface area contributed by atoms with Crippen molar-refractivity contribution in [2.75, 3.05) is 13.1 Å². The molecule has 1 aromatic rings. The summed E-state index contributed by atoms with van der Waals surface area (Å²) in [5.74, 6) is -0.234. The van der Waals surface area contributed by atoms with E-state index in [4.69, 9.17) is 0 Å². The first-order chi connectivity index (χ1) is 9.50. The molecule has 0 aliphatic carbocycles. The summed E-state index contributed by atoms with van der Waals surface area (Å²) >= 11 is 0. The maximum atomic E-state index is 13.2. The van der Waals surface area contributed by atoms with Crippen LogP contribution in [-0.2, 0) is 6.42 Å². The summed E-state index contributed by atoms with van der Waals surface area (Å²) in [5, 5.41) is 10.6. The maximum absolute atomic E-state index is 13.2. The Morgan fingerprint density at radius 3 is 2.45 bits per heavy atom. The lowest BCUT2D eigenvalue weighted by atomic mass is 9.89. The minimum Gasteiger partial charge on any atom is -0.391 e. The van der Waals surface area contributed by atoms with E-state index >= 15 is 0 Å². The van der Waals surface area contributed by atoms with Gasteiger partial charge in [0.1, 0.15) is 5.82 Å². The van der Waals surface area contributed by atoms with Crippen molar-refractivity contribution in [1.29, 1.82) is 0 Å². The molecule has 1 unspecified atom stereocenters. The zero-order valence-corrected chi connectivity index (χ0v) is 12.6. The number of benzene rings is 1. The van der Waals surface area contributed by atoms with Gasteiger partial charge in [-0.05, 0) is 57.5 Å². The Balaban J connectivity index is 2.03. The number of aliphatic hydroxyl groups excluding tert-OH is 1. The van der Waals surface area contributed by atoms with Crippen molar-refractivity contribution in [3.05, 3.63) is 35.6 Å². The summed E-state index contributed by atoms with van der Waals surface area (Å²) in [4.78, 5) is 2.39. The molecule has 0 saturated carbocycles. The van der Waals surface area contributed by atoms with Gasteiger partial charge in [0.25, 0.3) is 0 Å². The topological polar surface area (TPSA) is 23.5 Å². The number of likely N-dealkylation sites (tertiary alicyclic amines) is 1. The summed E-state index contributed by atoms with van der Waals surface area (Å²) in [5.41, 5.74) is 0.594. The minimum atomic E-state index is -0.484. The molecule has 0 bridgehead atoms. The number of rotatable bonds is 4. The van der Waals surface area contributed by atoms with Crippen LogP contribution in [0.2, 0.25) is 0 Å². The molecular weight excluding hydrogens is 253 g/mol. The zero-order valence-electron chi connectivity index (χ0n) is 12.6. The van der Waals surface area contributed by atoms with Crippen molar-refractivity contribution in [1.82, 2.24) is 4.90 Å². The molecule has 20 heavy (non-hydrogen) atoms. The molecule has 1 fully saturated rings. The fraction of sp³-hybridized carbons (Fsp3) is 0.647. The van der Waals surface area contributed by atoms with E-state index in [0.29, 0.717) is 6.42 Å². The monoisotopic (exact) mass is 279 g/mol. The van der Waals surface area contributed by atoms with Crippen molar-refractivity contribution in [3.63, 3.8) is 0 Å². The Morgan fingerprint density at radius 1 is 1.20 bits per heavy atom. The van der Waals surface area contributed by atoms with Gasteiger partial charge < -0.3 is 5.11 Å². The SMILES string of the molecule is CC(C)(C(O)Cc1cccc(F)c1)N1CCCCCC1. The molecule has 1 heterocycles. The molecule has 1 aliphatic rings. The van der Waals surface area contributed by atoms with Crippen LogP contribution in [0.4, 0.5) is 4.39 Å². The normalized spacial score (nSPS) is 19.6. The fourth-order valence-corrected chi connectivity index (χ4v) is 2.99. The van der Waals surface area contributed by atoms with Gasteiger partial charge in [-0.15, -0.1) is 0 Å². The Labute approximate surface area is 121 Å². The third-order valence-corrected chi connectivity index (χ3v) is 4.55. The van der Waals surface area contributed by atoms with Crippen molar-refractivity contribution in [3.8, 4) is 0 Å². The van der Waals surface area contributed by atoms with Crippen LogP contribution in [0.3, 0.4) is 0 Å². The quantitative estimate of drug-likeness (QED) is 0.913. The largest absolute Gasteiger partial charge is 0.391 e. The second-order valence-electron chi connectivity index (χ2n) is 6.40. The molecule has 2 nitrogen and oxygen atoms in total. The van der Waals surface area contributed by atoms with E-state index in [9.17, 15) is 9.50 Å². The van der Waals surface area contributed by atoms with Crippen LogP contribution in [0.25, 0.3) is 0 Å². The van der Waals surface area contributed by atoms with E-state index in [1.54, 1.807) is 6.07 Å². The van der Waals surface area contributed by atoms with E-state index in [2.05, 4.69) is 18.7 Å². The van der Waals surface area contributed by atoms with E-state index in [1.807, 2.05) is 6.07 Å². The van der Waals surface area contributed by atoms with E-state index < -0.39 is 6.10 Å². The van der Waals surface area contributed by atoms with Gasteiger partial charge in [-0.3, -0.25) is 4.90 Å². The zero-order chi connectivity index (χ0) is 14.6. The van der Waals surface area contributed by atoms with E-state index in [1.165, 1.54) is 37.8 Å². The molecule has 1 N–H and O–H groups in total. The van der Waals surface area contributed by atoms with Crippen LogP contribution in [0.15, 0.2) is 24.3 Å². The summed E-state index contributed by atoms with van der Waals surface area (Å²) in [6, 6.07) is 6.54. The first kappa shape index (κ1) is 15.5. The average Bonchev–Trinajstić information content (AvgIpc) is 2.67. The molecular formula is C17H26FNO. The van der Waals surface area contributed by atoms with Gasteiger partial charge in [0.2, 0.25) is 0 Å². The Kier molecular flexibility index (Phi) is 5.17. The van der Waals surface area contributed by atoms with Gasteiger partial charge in [-0.2, -0.15) is 0 Å². The third kappa shape index (κ3) is 3.80. The second kappa shape index (κ2) is 6.68. The molecule has 0 amide bonds. The highest BCUT2D eigenvalue weighted by Crippen LogP contribution is 2.25. The summed E-state index contributed by atoms with van der Waals surface area (Å²) in [6.07, 6.45) is 4.99. The molecule has 0 radical (unpaired) electrons. The maximum Gasteiger partial charge on any atom is 0.123 e. The molecule has 1 aromatic carbocycles. The number of nitrogens with zero attached hydrogens (tertiary/aromatic N) is 1. The minimum absolute atomic E-state index is 0.234. The summed E-state index contributed by atoms with van der Waals surface area (Å²) in [6.45, 7) is 6.30. The van der Waals surface area contributed by atoms with Crippen LogP contribution in [0.1, 0.15) is 45.1 Å². The van der Waals surface area contributed by atoms with Gasteiger partial charge >= 0.3 is 0 Å². The fourth-order valence-electron chi connectivity index (χ4n) is 2.99. The summed E-state index contributed by atoms with van der Waals surface area (Å²) < 4.78 is 13.2. The van der Waals surface area contributed by atoms with Gasteiger partial charge in [-0.1, -0.05) is 25.0 Å². The molecule has 0 spiro atoms. The average molecular weight is 279 g/mol. The van der Waals surface area contributed by atoms with Gasteiger partial charge in [-0.25, -0.2) is 4.39 Å². The molecule has 112 valence electrons. The highest BCUT2D eigenvalue weighted by Gasteiger charge is 2.34. The molecule has 1 aliphatic heterocycles. The van der Waals surface area contributed by atoms with Gasteiger partial charge in [0.05, 0.1) is 6.10 Å².